The Balaban J connectivity index is 1.83. The van der Waals surface area contributed by atoms with Gasteiger partial charge in [0.1, 0.15) is 6.04 Å². The van der Waals surface area contributed by atoms with Crippen LogP contribution >= 0.6 is 0 Å². The molecule has 2 heterocycles. The molecular formula is C20H19N5O3. The summed E-state index contributed by atoms with van der Waals surface area (Å²) in [5, 5.41) is 14.5. The Hall–Kier alpha value is -3.81. The number of pyridine rings is 1. The van der Waals surface area contributed by atoms with Gasteiger partial charge in [0.05, 0.1) is 5.69 Å². The molecule has 2 aromatic heterocycles. The van der Waals surface area contributed by atoms with E-state index < -0.39 is 17.9 Å². The van der Waals surface area contributed by atoms with Gasteiger partial charge in [0.25, 0.3) is 5.91 Å². The first-order valence-corrected chi connectivity index (χ1v) is 8.59. The predicted octanol–water partition coefficient (Wildman–Crippen LogP) is 2.79. The molecule has 8 heteroatoms. The van der Waals surface area contributed by atoms with Crippen LogP contribution in [0.25, 0.3) is 11.3 Å². The molecule has 0 bridgehead atoms. The van der Waals surface area contributed by atoms with Crippen LogP contribution in [0.15, 0.2) is 55.0 Å². The molecule has 142 valence electrons. The molecule has 0 radical (unpaired) electrons. The van der Waals surface area contributed by atoms with Crippen LogP contribution in [0.4, 0.5) is 11.6 Å². The minimum atomic E-state index is -1.10. The number of anilines is 2. The number of carboxylic acid groups (broad SMARTS) is 1. The molecule has 28 heavy (non-hydrogen) atoms. The van der Waals surface area contributed by atoms with E-state index in [9.17, 15) is 9.59 Å². The van der Waals surface area contributed by atoms with Crippen molar-refractivity contribution in [3.05, 3.63) is 66.1 Å². The number of hydrogen-bond donors (Lipinski definition) is 3. The van der Waals surface area contributed by atoms with Gasteiger partial charge in [-0.25, -0.2) is 9.97 Å². The van der Waals surface area contributed by atoms with Crippen LogP contribution in [-0.4, -0.2) is 38.0 Å². The first kappa shape index (κ1) is 19.0. The summed E-state index contributed by atoms with van der Waals surface area (Å²) in [7, 11) is 0. The van der Waals surface area contributed by atoms with Crippen molar-refractivity contribution < 1.29 is 14.7 Å². The molecule has 1 atom stereocenters. The fraction of sp³-hybridized carbons (Fsp3) is 0.150. The Morgan fingerprint density at radius 3 is 2.68 bits per heavy atom. The van der Waals surface area contributed by atoms with Gasteiger partial charge in [-0.15, -0.1) is 0 Å². The normalized spacial score (nSPS) is 11.5. The zero-order valence-corrected chi connectivity index (χ0v) is 15.4. The van der Waals surface area contributed by atoms with E-state index in [0.29, 0.717) is 22.9 Å². The number of benzene rings is 1. The maximum absolute atomic E-state index is 12.3. The van der Waals surface area contributed by atoms with Gasteiger partial charge in [-0.1, -0.05) is 6.07 Å². The topological polar surface area (TPSA) is 117 Å². The lowest BCUT2D eigenvalue weighted by atomic mass is 10.1. The second-order valence-electron chi connectivity index (χ2n) is 6.20. The highest BCUT2D eigenvalue weighted by atomic mass is 16.4. The third-order valence-electron chi connectivity index (χ3n) is 4.08. The molecule has 1 aromatic carbocycles. The number of aromatic nitrogens is 3. The highest BCUT2D eigenvalue weighted by Gasteiger charge is 2.16. The van der Waals surface area contributed by atoms with Crippen molar-refractivity contribution in [3.8, 4) is 11.3 Å². The third kappa shape index (κ3) is 4.47. The minimum absolute atomic E-state index is 0.338. The van der Waals surface area contributed by atoms with Gasteiger partial charge in [0, 0.05) is 35.4 Å². The zero-order valence-electron chi connectivity index (χ0n) is 15.4. The number of amides is 1. The third-order valence-corrected chi connectivity index (χ3v) is 4.08. The summed E-state index contributed by atoms with van der Waals surface area (Å²) in [6.45, 7) is 3.29. The lowest BCUT2D eigenvalue weighted by molar-refractivity contribution is -0.138. The Morgan fingerprint density at radius 1 is 1.14 bits per heavy atom. The molecule has 3 aromatic rings. The number of nitrogens with zero attached hydrogens (tertiary/aromatic N) is 3. The number of carbonyl (C=O) groups is 2. The molecule has 3 N–H and O–H groups in total. The van der Waals surface area contributed by atoms with Gasteiger partial charge in [0.15, 0.2) is 0 Å². The Bertz CT molecular complexity index is 1010. The van der Waals surface area contributed by atoms with E-state index in [1.807, 2.05) is 19.1 Å². The zero-order chi connectivity index (χ0) is 20.1. The fourth-order valence-corrected chi connectivity index (χ4v) is 2.45. The lowest BCUT2D eigenvalue weighted by Crippen LogP contribution is -2.38. The van der Waals surface area contributed by atoms with E-state index in [1.54, 1.807) is 42.9 Å². The predicted molar refractivity (Wildman–Crippen MR) is 104 cm³/mol. The molecule has 0 saturated carbocycles. The molecule has 1 amide bonds. The molecule has 0 aliphatic heterocycles. The maximum atomic E-state index is 12.3. The Morgan fingerprint density at radius 2 is 1.96 bits per heavy atom. The lowest BCUT2D eigenvalue weighted by Gasteiger charge is -2.13. The monoisotopic (exact) mass is 377 g/mol. The summed E-state index contributed by atoms with van der Waals surface area (Å²) < 4.78 is 0. The van der Waals surface area contributed by atoms with Crippen molar-refractivity contribution >= 4 is 23.5 Å². The number of aryl methyl sites for hydroxylation is 1. The summed E-state index contributed by atoms with van der Waals surface area (Å²) in [4.78, 5) is 36.0. The minimum Gasteiger partial charge on any atom is -0.480 e. The van der Waals surface area contributed by atoms with Crippen molar-refractivity contribution in [2.45, 2.75) is 19.9 Å². The molecule has 0 aliphatic carbocycles. The van der Waals surface area contributed by atoms with E-state index in [0.717, 1.165) is 11.1 Å². The average Bonchev–Trinajstić information content (AvgIpc) is 2.70. The standard InChI is InChI=1S/C20H19N5O3/c1-12-5-6-14(18(26)23-13(2)19(27)28)10-17(12)25-20-22-9-7-16(24-20)15-4-3-8-21-11-15/h3-11,13H,1-2H3,(H,23,26)(H,27,28)(H,22,24,25)/t13-/m1/s1. The highest BCUT2D eigenvalue weighted by Crippen LogP contribution is 2.22. The van der Waals surface area contributed by atoms with Gasteiger partial charge in [-0.05, 0) is 49.7 Å². The highest BCUT2D eigenvalue weighted by molar-refractivity contribution is 5.97. The first-order chi connectivity index (χ1) is 13.4. The quantitative estimate of drug-likeness (QED) is 0.604. The molecule has 8 nitrogen and oxygen atoms in total. The van der Waals surface area contributed by atoms with E-state index in [1.165, 1.54) is 6.92 Å². The molecule has 0 aliphatic rings. The summed E-state index contributed by atoms with van der Waals surface area (Å²) in [6.07, 6.45) is 5.04. The van der Waals surface area contributed by atoms with Crippen molar-refractivity contribution in [1.29, 1.82) is 0 Å². The van der Waals surface area contributed by atoms with E-state index in [2.05, 4.69) is 25.6 Å². The smallest absolute Gasteiger partial charge is 0.325 e. The number of carboxylic acids is 1. The molecular weight excluding hydrogens is 358 g/mol. The van der Waals surface area contributed by atoms with Gasteiger partial charge in [0.2, 0.25) is 5.95 Å². The summed E-state index contributed by atoms with van der Waals surface area (Å²) in [5.41, 5.74) is 3.45. The van der Waals surface area contributed by atoms with Crippen LogP contribution in [0.3, 0.4) is 0 Å². The SMILES string of the molecule is Cc1ccc(C(=O)N[C@H](C)C(=O)O)cc1Nc1nccc(-c2cccnc2)n1. The van der Waals surface area contributed by atoms with Crippen LogP contribution in [0.5, 0.6) is 0 Å². The second kappa shape index (κ2) is 8.26. The number of hydrogen-bond acceptors (Lipinski definition) is 6. The van der Waals surface area contributed by atoms with E-state index in [-0.39, 0.29) is 0 Å². The number of rotatable bonds is 6. The largest absolute Gasteiger partial charge is 0.480 e. The van der Waals surface area contributed by atoms with Crippen LogP contribution in [-0.2, 0) is 4.79 Å². The van der Waals surface area contributed by atoms with Crippen molar-refractivity contribution in [3.63, 3.8) is 0 Å². The van der Waals surface area contributed by atoms with Gasteiger partial charge in [-0.2, -0.15) is 0 Å². The molecule has 0 unspecified atom stereocenters. The number of nitrogens with one attached hydrogen (secondary N) is 2. The molecule has 0 spiro atoms. The average molecular weight is 377 g/mol. The Kier molecular flexibility index (Phi) is 5.59. The fourth-order valence-electron chi connectivity index (χ4n) is 2.45. The molecule has 0 fully saturated rings. The van der Waals surface area contributed by atoms with Crippen LogP contribution < -0.4 is 10.6 Å². The number of carbonyl (C=O) groups excluding carboxylic acids is 1. The van der Waals surface area contributed by atoms with Gasteiger partial charge < -0.3 is 15.7 Å². The maximum Gasteiger partial charge on any atom is 0.325 e. The molecule has 0 saturated heterocycles. The van der Waals surface area contributed by atoms with Crippen LogP contribution in [0.1, 0.15) is 22.8 Å². The summed E-state index contributed by atoms with van der Waals surface area (Å²) >= 11 is 0. The van der Waals surface area contributed by atoms with Crippen molar-refractivity contribution in [2.24, 2.45) is 0 Å². The second-order valence-corrected chi connectivity index (χ2v) is 6.20. The first-order valence-electron chi connectivity index (χ1n) is 8.59. The Labute approximate surface area is 161 Å². The van der Waals surface area contributed by atoms with Gasteiger partial charge in [-0.3, -0.25) is 14.6 Å². The van der Waals surface area contributed by atoms with Gasteiger partial charge >= 0.3 is 5.97 Å². The number of aliphatic carboxylic acids is 1. The van der Waals surface area contributed by atoms with Crippen LogP contribution in [0, 0.1) is 6.92 Å². The van der Waals surface area contributed by atoms with Crippen molar-refractivity contribution in [2.75, 3.05) is 5.32 Å². The molecule has 3 rings (SSSR count). The summed E-state index contributed by atoms with van der Waals surface area (Å²) in [5.74, 6) is -1.19. The van der Waals surface area contributed by atoms with E-state index >= 15 is 0 Å². The summed E-state index contributed by atoms with van der Waals surface area (Å²) in [6, 6.07) is 9.58. The van der Waals surface area contributed by atoms with E-state index in [4.69, 9.17) is 5.11 Å². The van der Waals surface area contributed by atoms with Crippen LogP contribution in [0.2, 0.25) is 0 Å². The van der Waals surface area contributed by atoms with Crippen molar-refractivity contribution in [1.82, 2.24) is 20.3 Å².